The zero-order valence-corrected chi connectivity index (χ0v) is 10.4. The normalized spacial score (nSPS) is 32.0. The molecule has 0 spiro atoms. The van der Waals surface area contributed by atoms with Crippen LogP contribution in [0.5, 0.6) is 0 Å². The SMILES string of the molecule is CC(C)(C)CNC1(C)CCS(=O)(=O)C1. The van der Waals surface area contributed by atoms with E-state index in [0.29, 0.717) is 5.75 Å². The average Bonchev–Trinajstić information content (AvgIpc) is 2.22. The van der Waals surface area contributed by atoms with Gasteiger partial charge in [-0.05, 0) is 18.8 Å². The predicted octanol–water partition coefficient (Wildman–Crippen LogP) is 1.20. The number of hydrogen-bond donors (Lipinski definition) is 1. The van der Waals surface area contributed by atoms with E-state index in [4.69, 9.17) is 0 Å². The molecule has 0 aromatic carbocycles. The Kier molecular flexibility index (Phi) is 2.99. The largest absolute Gasteiger partial charge is 0.310 e. The Balaban J connectivity index is 2.54. The van der Waals surface area contributed by atoms with Crippen LogP contribution in [0.1, 0.15) is 34.1 Å². The summed E-state index contributed by atoms with van der Waals surface area (Å²) in [6.07, 6.45) is 0.741. The second-order valence-electron chi connectivity index (χ2n) is 5.82. The van der Waals surface area contributed by atoms with Gasteiger partial charge in [0.25, 0.3) is 0 Å². The highest BCUT2D eigenvalue weighted by atomic mass is 32.2. The van der Waals surface area contributed by atoms with Gasteiger partial charge in [-0.3, -0.25) is 0 Å². The van der Waals surface area contributed by atoms with Gasteiger partial charge in [-0.1, -0.05) is 20.8 Å². The zero-order valence-electron chi connectivity index (χ0n) is 9.55. The summed E-state index contributed by atoms with van der Waals surface area (Å²) in [6, 6.07) is 0. The van der Waals surface area contributed by atoms with Gasteiger partial charge in [0.2, 0.25) is 0 Å². The lowest BCUT2D eigenvalue weighted by Gasteiger charge is -2.29. The molecule has 1 rings (SSSR count). The van der Waals surface area contributed by atoms with Crippen LogP contribution in [0.2, 0.25) is 0 Å². The second kappa shape index (κ2) is 3.49. The third-order valence-electron chi connectivity index (χ3n) is 2.55. The number of nitrogens with one attached hydrogen (secondary N) is 1. The molecular formula is C10H21NO2S. The van der Waals surface area contributed by atoms with Gasteiger partial charge in [-0.25, -0.2) is 8.42 Å². The number of sulfone groups is 1. The number of rotatable bonds is 2. The van der Waals surface area contributed by atoms with E-state index in [1.54, 1.807) is 0 Å². The molecule has 0 amide bonds. The van der Waals surface area contributed by atoms with E-state index < -0.39 is 9.84 Å². The lowest BCUT2D eigenvalue weighted by molar-refractivity contribution is 0.303. The molecule has 0 aromatic rings. The molecule has 0 saturated carbocycles. The van der Waals surface area contributed by atoms with Crippen LogP contribution < -0.4 is 5.32 Å². The quantitative estimate of drug-likeness (QED) is 0.759. The van der Waals surface area contributed by atoms with Gasteiger partial charge in [0.1, 0.15) is 0 Å². The molecule has 1 saturated heterocycles. The van der Waals surface area contributed by atoms with Crippen LogP contribution in [0.4, 0.5) is 0 Å². The Morgan fingerprint density at radius 3 is 2.29 bits per heavy atom. The molecule has 1 N–H and O–H groups in total. The van der Waals surface area contributed by atoms with Gasteiger partial charge in [0.15, 0.2) is 9.84 Å². The highest BCUT2D eigenvalue weighted by Gasteiger charge is 2.38. The van der Waals surface area contributed by atoms with Crippen molar-refractivity contribution < 1.29 is 8.42 Å². The van der Waals surface area contributed by atoms with Gasteiger partial charge in [-0.2, -0.15) is 0 Å². The summed E-state index contributed by atoms with van der Waals surface area (Å²) in [4.78, 5) is 0. The summed E-state index contributed by atoms with van der Waals surface area (Å²) in [7, 11) is -2.78. The predicted molar refractivity (Wildman–Crippen MR) is 59.1 cm³/mol. The van der Waals surface area contributed by atoms with Crippen molar-refractivity contribution in [3.63, 3.8) is 0 Å². The van der Waals surface area contributed by atoms with Crippen LogP contribution >= 0.6 is 0 Å². The van der Waals surface area contributed by atoms with E-state index in [0.717, 1.165) is 13.0 Å². The first-order valence-electron chi connectivity index (χ1n) is 5.07. The highest BCUT2D eigenvalue weighted by molar-refractivity contribution is 7.91. The van der Waals surface area contributed by atoms with Crippen LogP contribution in [0, 0.1) is 5.41 Å². The second-order valence-corrected chi connectivity index (χ2v) is 8.00. The van der Waals surface area contributed by atoms with Crippen LogP contribution in [0.3, 0.4) is 0 Å². The first kappa shape index (κ1) is 12.0. The van der Waals surface area contributed by atoms with Gasteiger partial charge < -0.3 is 5.32 Å². The smallest absolute Gasteiger partial charge is 0.152 e. The van der Waals surface area contributed by atoms with Crippen molar-refractivity contribution in [1.82, 2.24) is 5.32 Å². The average molecular weight is 219 g/mol. The summed E-state index contributed by atoms with van der Waals surface area (Å²) in [5.41, 5.74) is 0.00146. The Morgan fingerprint density at radius 2 is 1.93 bits per heavy atom. The molecule has 1 aliphatic rings. The molecule has 84 valence electrons. The molecule has 1 fully saturated rings. The fourth-order valence-electron chi connectivity index (χ4n) is 1.63. The lowest BCUT2D eigenvalue weighted by Crippen LogP contribution is -2.46. The van der Waals surface area contributed by atoms with E-state index in [1.165, 1.54) is 0 Å². The van der Waals surface area contributed by atoms with Crippen molar-refractivity contribution in [2.75, 3.05) is 18.1 Å². The maximum atomic E-state index is 11.3. The minimum Gasteiger partial charge on any atom is -0.310 e. The van der Waals surface area contributed by atoms with Gasteiger partial charge in [-0.15, -0.1) is 0 Å². The van der Waals surface area contributed by atoms with E-state index in [1.807, 2.05) is 6.92 Å². The summed E-state index contributed by atoms with van der Waals surface area (Å²) < 4.78 is 22.7. The van der Waals surface area contributed by atoms with Crippen molar-refractivity contribution in [2.24, 2.45) is 5.41 Å². The lowest BCUT2D eigenvalue weighted by atomic mass is 9.94. The fourth-order valence-corrected chi connectivity index (χ4v) is 3.75. The minimum absolute atomic E-state index is 0.202. The van der Waals surface area contributed by atoms with E-state index >= 15 is 0 Å². The van der Waals surface area contributed by atoms with Crippen molar-refractivity contribution >= 4 is 9.84 Å². The zero-order chi connectivity index (χ0) is 11.0. The molecule has 4 heteroatoms. The molecule has 1 unspecified atom stereocenters. The van der Waals surface area contributed by atoms with Crippen molar-refractivity contribution in [3.8, 4) is 0 Å². The summed E-state index contributed by atoms with van der Waals surface area (Å²) >= 11 is 0. The van der Waals surface area contributed by atoms with Gasteiger partial charge >= 0.3 is 0 Å². The van der Waals surface area contributed by atoms with Crippen LogP contribution in [-0.2, 0) is 9.84 Å². The van der Waals surface area contributed by atoms with Gasteiger partial charge in [0.05, 0.1) is 11.5 Å². The van der Waals surface area contributed by atoms with Gasteiger partial charge in [0, 0.05) is 12.1 Å². The summed E-state index contributed by atoms with van der Waals surface area (Å²) in [5.74, 6) is 0.622. The summed E-state index contributed by atoms with van der Waals surface area (Å²) in [6.45, 7) is 9.30. The Morgan fingerprint density at radius 1 is 1.36 bits per heavy atom. The maximum absolute atomic E-state index is 11.3. The molecular weight excluding hydrogens is 198 g/mol. The van der Waals surface area contributed by atoms with Crippen LogP contribution in [0.25, 0.3) is 0 Å². The summed E-state index contributed by atoms with van der Waals surface area (Å²) in [5, 5.41) is 3.37. The molecule has 1 atom stereocenters. The third-order valence-corrected chi connectivity index (χ3v) is 4.45. The third kappa shape index (κ3) is 3.58. The maximum Gasteiger partial charge on any atom is 0.152 e. The van der Waals surface area contributed by atoms with Crippen LogP contribution in [-0.4, -0.2) is 32.0 Å². The fraction of sp³-hybridized carbons (Fsp3) is 1.00. The first-order valence-corrected chi connectivity index (χ1v) is 6.90. The highest BCUT2D eigenvalue weighted by Crippen LogP contribution is 2.24. The van der Waals surface area contributed by atoms with Crippen molar-refractivity contribution in [3.05, 3.63) is 0 Å². The molecule has 0 aromatic heterocycles. The Labute approximate surface area is 87.2 Å². The minimum atomic E-state index is -2.78. The molecule has 1 heterocycles. The van der Waals surface area contributed by atoms with E-state index in [9.17, 15) is 8.42 Å². The Bertz CT molecular complexity index is 303. The Hall–Kier alpha value is -0.0900. The van der Waals surface area contributed by atoms with Crippen molar-refractivity contribution in [2.45, 2.75) is 39.7 Å². The van der Waals surface area contributed by atoms with Crippen molar-refractivity contribution in [1.29, 1.82) is 0 Å². The van der Waals surface area contributed by atoms with E-state index in [-0.39, 0.29) is 16.7 Å². The molecule has 1 aliphatic heterocycles. The first-order chi connectivity index (χ1) is 6.12. The molecule has 0 radical (unpaired) electrons. The number of hydrogen-bond acceptors (Lipinski definition) is 3. The standard InChI is InChI=1S/C10H21NO2S/c1-9(2,3)7-11-10(4)5-6-14(12,13)8-10/h11H,5-8H2,1-4H3. The molecule has 3 nitrogen and oxygen atoms in total. The van der Waals surface area contributed by atoms with E-state index in [2.05, 4.69) is 26.1 Å². The topological polar surface area (TPSA) is 46.2 Å². The van der Waals surface area contributed by atoms with Crippen LogP contribution in [0.15, 0.2) is 0 Å². The monoisotopic (exact) mass is 219 g/mol. The molecule has 0 aliphatic carbocycles. The molecule has 0 bridgehead atoms. The molecule has 14 heavy (non-hydrogen) atoms.